The Balaban J connectivity index is 1.53. The Labute approximate surface area is 196 Å². The van der Waals surface area contributed by atoms with Crippen LogP contribution >= 0.6 is 0 Å². The third-order valence-corrected chi connectivity index (χ3v) is 4.67. The highest BCUT2D eigenvalue weighted by Crippen LogP contribution is 2.25. The van der Waals surface area contributed by atoms with Crippen LogP contribution in [0.3, 0.4) is 0 Å². The molecule has 4 aromatic rings. The number of amides is 2. The molecule has 2 aromatic carbocycles. The number of carbonyl (C=O) groups excluding carboxylic acids is 1. The van der Waals surface area contributed by atoms with Gasteiger partial charge in [-0.1, -0.05) is 12.1 Å². The molecular formula is C24H25N5O5. The first-order chi connectivity index (χ1) is 16.7. The fraction of sp³-hybridized carbons (Fsp3) is 0.208. The second-order valence-electron chi connectivity index (χ2n) is 7.01. The molecule has 0 radical (unpaired) electrons. The van der Waals surface area contributed by atoms with Gasteiger partial charge in [-0.3, -0.25) is 0 Å². The first-order valence-electron chi connectivity index (χ1n) is 10.7. The van der Waals surface area contributed by atoms with Crippen LogP contribution in [0.5, 0.6) is 11.8 Å². The number of hydrogen-bond acceptors (Lipinski definition) is 7. The SMILES string of the molecule is CCOCCOc1nc(-c2ccco2)n(-c2cccc(NC(=O)Nc3cccc(OC)c3)c2)n1. The predicted molar refractivity (Wildman–Crippen MR) is 127 cm³/mol. The van der Waals surface area contributed by atoms with Crippen LogP contribution in [0.4, 0.5) is 16.2 Å². The molecule has 34 heavy (non-hydrogen) atoms. The normalized spacial score (nSPS) is 10.6. The summed E-state index contributed by atoms with van der Waals surface area (Å²) in [5.74, 6) is 1.64. The molecule has 2 amide bonds. The molecule has 2 heterocycles. The average Bonchev–Trinajstić information content (AvgIpc) is 3.52. The molecule has 0 fully saturated rings. The highest BCUT2D eigenvalue weighted by molar-refractivity contribution is 6.00. The van der Waals surface area contributed by atoms with E-state index in [2.05, 4.69) is 20.7 Å². The molecule has 176 valence electrons. The molecule has 10 nitrogen and oxygen atoms in total. The highest BCUT2D eigenvalue weighted by atomic mass is 16.5. The van der Waals surface area contributed by atoms with Gasteiger partial charge in [-0.25, -0.2) is 9.48 Å². The van der Waals surface area contributed by atoms with Crippen molar-refractivity contribution in [2.45, 2.75) is 6.92 Å². The number of methoxy groups -OCH3 is 1. The topological polar surface area (TPSA) is 113 Å². The molecule has 0 aliphatic carbocycles. The lowest BCUT2D eigenvalue weighted by molar-refractivity contribution is 0.106. The number of furan rings is 1. The first kappa shape index (κ1) is 22.9. The summed E-state index contributed by atoms with van der Waals surface area (Å²) in [4.78, 5) is 17.0. The van der Waals surface area contributed by atoms with Gasteiger partial charge in [0.2, 0.25) is 5.82 Å². The number of urea groups is 1. The van der Waals surface area contributed by atoms with Gasteiger partial charge in [-0.05, 0) is 49.4 Å². The fourth-order valence-electron chi connectivity index (χ4n) is 3.15. The van der Waals surface area contributed by atoms with E-state index in [1.807, 2.05) is 13.0 Å². The summed E-state index contributed by atoms with van der Waals surface area (Å²) >= 11 is 0. The zero-order chi connectivity index (χ0) is 23.8. The van der Waals surface area contributed by atoms with E-state index in [4.69, 9.17) is 18.6 Å². The van der Waals surface area contributed by atoms with Crippen LogP contribution in [0.25, 0.3) is 17.3 Å². The highest BCUT2D eigenvalue weighted by Gasteiger charge is 2.17. The number of carbonyl (C=O) groups is 1. The van der Waals surface area contributed by atoms with Crippen molar-refractivity contribution in [2.75, 3.05) is 37.6 Å². The minimum absolute atomic E-state index is 0.195. The number of aromatic nitrogens is 3. The average molecular weight is 463 g/mol. The lowest BCUT2D eigenvalue weighted by atomic mass is 10.2. The number of nitrogens with zero attached hydrogens (tertiary/aromatic N) is 3. The van der Waals surface area contributed by atoms with Gasteiger partial charge in [0, 0.05) is 24.0 Å². The number of hydrogen-bond donors (Lipinski definition) is 2. The van der Waals surface area contributed by atoms with Crippen molar-refractivity contribution in [3.63, 3.8) is 0 Å². The Hall–Kier alpha value is -4.31. The maximum Gasteiger partial charge on any atom is 0.336 e. The Bertz CT molecular complexity index is 1220. The van der Waals surface area contributed by atoms with Crippen LogP contribution in [0.2, 0.25) is 0 Å². The third kappa shape index (κ3) is 5.73. The third-order valence-electron chi connectivity index (χ3n) is 4.67. The summed E-state index contributed by atoms with van der Waals surface area (Å²) in [5.41, 5.74) is 1.84. The van der Waals surface area contributed by atoms with E-state index in [1.54, 1.807) is 72.7 Å². The molecule has 0 saturated carbocycles. The van der Waals surface area contributed by atoms with Crippen LogP contribution in [-0.2, 0) is 4.74 Å². The molecule has 0 saturated heterocycles. The summed E-state index contributed by atoms with van der Waals surface area (Å²) in [6.45, 7) is 3.28. The second kappa shape index (κ2) is 11.0. The summed E-state index contributed by atoms with van der Waals surface area (Å²) < 4.78 is 23.2. The molecule has 0 aliphatic heterocycles. The molecule has 0 aliphatic rings. The van der Waals surface area contributed by atoms with Crippen molar-refractivity contribution < 1.29 is 23.4 Å². The van der Waals surface area contributed by atoms with E-state index in [-0.39, 0.29) is 6.01 Å². The lowest BCUT2D eigenvalue weighted by Crippen LogP contribution is -2.19. The number of nitrogens with one attached hydrogen (secondary N) is 2. The minimum atomic E-state index is -0.393. The van der Waals surface area contributed by atoms with Crippen molar-refractivity contribution in [1.29, 1.82) is 0 Å². The minimum Gasteiger partial charge on any atom is -0.497 e. The Morgan fingerprint density at radius 1 is 1.03 bits per heavy atom. The molecule has 0 unspecified atom stereocenters. The van der Waals surface area contributed by atoms with Crippen LogP contribution in [0.15, 0.2) is 71.3 Å². The number of anilines is 2. The standard InChI is InChI=1S/C24H25N5O5/c1-3-32-13-14-34-24-27-22(21-11-6-12-33-21)29(28-24)19-9-4-7-17(15-19)25-23(30)26-18-8-5-10-20(16-18)31-2/h4-12,15-16H,3,13-14H2,1-2H3,(H2,25,26,30). The van der Waals surface area contributed by atoms with Crippen molar-refractivity contribution in [1.82, 2.24) is 14.8 Å². The molecule has 0 atom stereocenters. The van der Waals surface area contributed by atoms with E-state index in [9.17, 15) is 4.79 Å². The van der Waals surface area contributed by atoms with E-state index < -0.39 is 6.03 Å². The van der Waals surface area contributed by atoms with E-state index in [0.717, 1.165) is 0 Å². The summed E-state index contributed by atoms with van der Waals surface area (Å²) in [6.07, 6.45) is 1.56. The van der Waals surface area contributed by atoms with Crippen LogP contribution < -0.4 is 20.1 Å². The first-order valence-corrected chi connectivity index (χ1v) is 10.7. The Kier molecular flexibility index (Phi) is 7.41. The van der Waals surface area contributed by atoms with Gasteiger partial charge in [0.05, 0.1) is 25.7 Å². The largest absolute Gasteiger partial charge is 0.497 e. The van der Waals surface area contributed by atoms with Crippen molar-refractivity contribution in [3.8, 4) is 29.0 Å². The van der Waals surface area contributed by atoms with Crippen LogP contribution in [0.1, 0.15) is 6.92 Å². The fourth-order valence-corrected chi connectivity index (χ4v) is 3.15. The summed E-state index contributed by atoms with van der Waals surface area (Å²) in [5, 5.41) is 10.1. The number of ether oxygens (including phenoxy) is 3. The zero-order valence-corrected chi connectivity index (χ0v) is 18.9. The maximum atomic E-state index is 12.5. The van der Waals surface area contributed by atoms with E-state index in [0.29, 0.717) is 54.2 Å². The van der Waals surface area contributed by atoms with E-state index >= 15 is 0 Å². The number of benzene rings is 2. The zero-order valence-electron chi connectivity index (χ0n) is 18.9. The van der Waals surface area contributed by atoms with E-state index in [1.165, 1.54) is 0 Å². The van der Waals surface area contributed by atoms with Gasteiger partial charge < -0.3 is 29.3 Å². The number of rotatable bonds is 10. The lowest BCUT2D eigenvalue weighted by Gasteiger charge is -2.10. The second-order valence-corrected chi connectivity index (χ2v) is 7.01. The van der Waals surface area contributed by atoms with Gasteiger partial charge in [0.1, 0.15) is 12.4 Å². The van der Waals surface area contributed by atoms with Gasteiger partial charge >= 0.3 is 12.0 Å². The van der Waals surface area contributed by atoms with Gasteiger partial charge in [0.25, 0.3) is 0 Å². The molecule has 10 heteroatoms. The van der Waals surface area contributed by atoms with Crippen LogP contribution in [-0.4, -0.2) is 47.7 Å². The van der Waals surface area contributed by atoms with Crippen LogP contribution in [0, 0.1) is 0 Å². The van der Waals surface area contributed by atoms with Gasteiger partial charge in [-0.2, -0.15) is 4.98 Å². The monoisotopic (exact) mass is 463 g/mol. The molecule has 2 aromatic heterocycles. The molecule has 4 rings (SSSR count). The Morgan fingerprint density at radius 2 is 1.82 bits per heavy atom. The Morgan fingerprint density at radius 3 is 2.56 bits per heavy atom. The molecule has 0 bridgehead atoms. The van der Waals surface area contributed by atoms with Gasteiger partial charge in [-0.15, -0.1) is 5.10 Å². The molecule has 0 spiro atoms. The predicted octanol–water partition coefficient (Wildman–Crippen LogP) is 4.60. The van der Waals surface area contributed by atoms with Crippen molar-refractivity contribution in [2.24, 2.45) is 0 Å². The smallest absolute Gasteiger partial charge is 0.336 e. The summed E-state index contributed by atoms with van der Waals surface area (Å²) in [6, 6.07) is 17.7. The van der Waals surface area contributed by atoms with Crippen molar-refractivity contribution >= 4 is 17.4 Å². The maximum absolute atomic E-state index is 12.5. The summed E-state index contributed by atoms with van der Waals surface area (Å²) in [7, 11) is 1.57. The molecule has 2 N–H and O–H groups in total. The van der Waals surface area contributed by atoms with Gasteiger partial charge in [0.15, 0.2) is 5.76 Å². The van der Waals surface area contributed by atoms with Crippen molar-refractivity contribution in [3.05, 3.63) is 66.9 Å². The quantitative estimate of drug-likeness (QED) is 0.331. The molecular weight excluding hydrogens is 438 g/mol.